The number of carbonyl (C=O) groups excluding carboxylic acids is 1. The maximum Gasteiger partial charge on any atom is 0.150 e. The topological polar surface area (TPSA) is 77.2 Å². The van der Waals surface area contributed by atoms with E-state index in [1.54, 1.807) is 6.92 Å². The minimum Gasteiger partial charge on any atom is -0.329 e. The van der Waals surface area contributed by atoms with Crippen LogP contribution in [0.5, 0.6) is 0 Å². The van der Waals surface area contributed by atoms with Crippen LogP contribution in [0.2, 0.25) is 0 Å². The summed E-state index contributed by atoms with van der Waals surface area (Å²) in [4.78, 5) is 12.1. The van der Waals surface area contributed by atoms with Gasteiger partial charge in [0.05, 0.1) is 11.7 Å². The summed E-state index contributed by atoms with van der Waals surface area (Å²) < 4.78 is 22.7. The number of nitrogens with two attached hydrogens (primary N) is 1. The molecule has 4 nitrogen and oxygen atoms in total. The van der Waals surface area contributed by atoms with Crippen molar-refractivity contribution in [1.29, 1.82) is 0 Å². The van der Waals surface area contributed by atoms with Crippen molar-refractivity contribution >= 4 is 15.6 Å². The first-order chi connectivity index (χ1) is 9.00. The van der Waals surface area contributed by atoms with Crippen molar-refractivity contribution in [3.63, 3.8) is 0 Å². The molecule has 1 unspecified atom stereocenters. The predicted octanol–water partition coefficient (Wildman–Crippen LogP) is 1.51. The first-order valence-electron chi connectivity index (χ1n) is 6.48. The van der Waals surface area contributed by atoms with E-state index in [4.69, 9.17) is 5.73 Å². The van der Waals surface area contributed by atoms with Crippen LogP contribution in [0.1, 0.15) is 31.2 Å². The zero-order chi connectivity index (χ0) is 14.3. The molecule has 1 rings (SSSR count). The molecular formula is C14H21NO3S. The highest BCUT2D eigenvalue weighted by molar-refractivity contribution is 7.91. The summed E-state index contributed by atoms with van der Waals surface area (Å²) in [6.07, 6.45) is 0.633. The second-order valence-electron chi connectivity index (χ2n) is 4.51. The Kier molecular flexibility index (Phi) is 6.18. The van der Waals surface area contributed by atoms with Crippen molar-refractivity contribution in [3.8, 4) is 0 Å². The molecule has 0 aliphatic heterocycles. The van der Waals surface area contributed by atoms with Crippen LogP contribution in [0.25, 0.3) is 0 Å². The van der Waals surface area contributed by atoms with E-state index in [2.05, 4.69) is 0 Å². The maximum atomic E-state index is 12.1. The molecule has 0 aromatic heterocycles. The largest absolute Gasteiger partial charge is 0.329 e. The van der Waals surface area contributed by atoms with Crippen LogP contribution in [-0.4, -0.2) is 32.3 Å². The summed E-state index contributed by atoms with van der Waals surface area (Å²) in [5, 5.41) is 0. The Morgan fingerprint density at radius 1 is 1.26 bits per heavy atom. The lowest BCUT2D eigenvalue weighted by Gasteiger charge is -2.13. The quantitative estimate of drug-likeness (QED) is 0.784. The fourth-order valence-corrected chi connectivity index (χ4v) is 2.80. The molecule has 0 radical (unpaired) electrons. The summed E-state index contributed by atoms with van der Waals surface area (Å²) in [5.41, 5.74) is 6.55. The lowest BCUT2D eigenvalue weighted by atomic mass is 9.92. The summed E-state index contributed by atoms with van der Waals surface area (Å²) in [6, 6.07) is 9.37. The fourth-order valence-electron chi connectivity index (χ4n) is 1.92. The molecule has 19 heavy (non-hydrogen) atoms. The highest BCUT2D eigenvalue weighted by Gasteiger charge is 2.19. The van der Waals surface area contributed by atoms with E-state index in [1.807, 2.05) is 30.3 Å². The van der Waals surface area contributed by atoms with Gasteiger partial charge in [0.1, 0.15) is 15.6 Å². The first kappa shape index (κ1) is 15.9. The zero-order valence-corrected chi connectivity index (χ0v) is 12.0. The molecule has 0 aliphatic rings. The van der Waals surface area contributed by atoms with Crippen LogP contribution in [0.15, 0.2) is 30.3 Å². The van der Waals surface area contributed by atoms with Gasteiger partial charge in [-0.3, -0.25) is 4.79 Å². The van der Waals surface area contributed by atoms with Crippen molar-refractivity contribution < 1.29 is 13.2 Å². The van der Waals surface area contributed by atoms with Crippen molar-refractivity contribution in [2.24, 2.45) is 5.73 Å². The number of carbonyl (C=O) groups is 1. The van der Waals surface area contributed by atoms with Crippen LogP contribution in [0, 0.1) is 0 Å². The smallest absolute Gasteiger partial charge is 0.150 e. The molecule has 0 spiro atoms. The molecule has 1 aromatic rings. The summed E-state index contributed by atoms with van der Waals surface area (Å²) in [7, 11) is -3.00. The number of hydrogen-bond donors (Lipinski definition) is 1. The average molecular weight is 283 g/mol. The lowest BCUT2D eigenvalue weighted by molar-refractivity contribution is -0.120. The molecular weight excluding hydrogens is 262 g/mol. The molecule has 1 atom stereocenters. The highest BCUT2D eigenvalue weighted by atomic mass is 32.2. The summed E-state index contributed by atoms with van der Waals surface area (Å²) >= 11 is 0. The average Bonchev–Trinajstić information content (AvgIpc) is 2.40. The standard InChI is InChI=1S/C14H21NO3S/c1-2-19(17,18)10-6-9-14(16)13(11-15)12-7-4-3-5-8-12/h3-5,7-8,13H,2,6,9-11,15H2,1H3. The van der Waals surface area contributed by atoms with Crippen molar-refractivity contribution in [1.82, 2.24) is 0 Å². The summed E-state index contributed by atoms with van der Waals surface area (Å²) in [6.45, 7) is 1.87. The maximum absolute atomic E-state index is 12.1. The molecule has 0 saturated heterocycles. The Bertz CT molecular complexity index is 497. The van der Waals surface area contributed by atoms with E-state index < -0.39 is 9.84 Å². The Balaban J connectivity index is 2.57. The molecule has 106 valence electrons. The lowest BCUT2D eigenvalue weighted by Crippen LogP contribution is -2.22. The number of sulfone groups is 1. The molecule has 0 amide bonds. The van der Waals surface area contributed by atoms with Gasteiger partial charge in [0.15, 0.2) is 0 Å². The van der Waals surface area contributed by atoms with Gasteiger partial charge in [0.25, 0.3) is 0 Å². The summed E-state index contributed by atoms with van der Waals surface area (Å²) in [5.74, 6) is -0.118. The molecule has 0 saturated carbocycles. The van der Waals surface area contributed by atoms with E-state index in [-0.39, 0.29) is 36.2 Å². The van der Waals surface area contributed by atoms with Crippen LogP contribution in [-0.2, 0) is 14.6 Å². The van der Waals surface area contributed by atoms with E-state index in [0.29, 0.717) is 6.42 Å². The Hall–Kier alpha value is -1.20. The van der Waals surface area contributed by atoms with Gasteiger partial charge in [-0.05, 0) is 12.0 Å². The third-order valence-electron chi connectivity index (χ3n) is 3.14. The van der Waals surface area contributed by atoms with E-state index in [0.717, 1.165) is 5.56 Å². The van der Waals surface area contributed by atoms with Crippen LogP contribution in [0.4, 0.5) is 0 Å². The fraction of sp³-hybridized carbons (Fsp3) is 0.500. The number of rotatable bonds is 8. The molecule has 0 fully saturated rings. The first-order valence-corrected chi connectivity index (χ1v) is 8.30. The Labute approximate surface area is 114 Å². The molecule has 1 aromatic carbocycles. The van der Waals surface area contributed by atoms with Gasteiger partial charge < -0.3 is 5.73 Å². The minimum atomic E-state index is -3.00. The third kappa shape index (κ3) is 5.12. The highest BCUT2D eigenvalue weighted by Crippen LogP contribution is 2.17. The third-order valence-corrected chi connectivity index (χ3v) is 4.93. The second-order valence-corrected chi connectivity index (χ2v) is 6.98. The molecule has 0 heterocycles. The number of ketones is 1. The number of hydrogen-bond acceptors (Lipinski definition) is 4. The normalized spacial score (nSPS) is 13.2. The van der Waals surface area contributed by atoms with E-state index >= 15 is 0 Å². The number of Topliss-reactive ketones (excluding diaryl/α,β-unsaturated/α-hetero) is 1. The van der Waals surface area contributed by atoms with Crippen LogP contribution >= 0.6 is 0 Å². The molecule has 5 heteroatoms. The van der Waals surface area contributed by atoms with Gasteiger partial charge >= 0.3 is 0 Å². The monoisotopic (exact) mass is 283 g/mol. The minimum absolute atomic E-state index is 0.0139. The van der Waals surface area contributed by atoms with Crippen LogP contribution < -0.4 is 5.73 Å². The Morgan fingerprint density at radius 2 is 1.89 bits per heavy atom. The Morgan fingerprint density at radius 3 is 2.42 bits per heavy atom. The molecule has 2 N–H and O–H groups in total. The van der Waals surface area contributed by atoms with Gasteiger partial charge in [-0.1, -0.05) is 37.3 Å². The molecule has 0 aliphatic carbocycles. The van der Waals surface area contributed by atoms with Gasteiger partial charge in [0, 0.05) is 18.7 Å². The predicted molar refractivity (Wildman–Crippen MR) is 76.8 cm³/mol. The SMILES string of the molecule is CCS(=O)(=O)CCCC(=O)C(CN)c1ccccc1. The zero-order valence-electron chi connectivity index (χ0n) is 11.2. The number of benzene rings is 1. The van der Waals surface area contributed by atoms with E-state index in [9.17, 15) is 13.2 Å². The second kappa shape index (κ2) is 7.40. The van der Waals surface area contributed by atoms with Crippen molar-refractivity contribution in [3.05, 3.63) is 35.9 Å². The van der Waals surface area contributed by atoms with E-state index in [1.165, 1.54) is 0 Å². The van der Waals surface area contributed by atoms with Gasteiger partial charge in [-0.25, -0.2) is 8.42 Å². The van der Waals surface area contributed by atoms with Gasteiger partial charge in [-0.15, -0.1) is 0 Å². The van der Waals surface area contributed by atoms with Crippen molar-refractivity contribution in [2.45, 2.75) is 25.7 Å². The van der Waals surface area contributed by atoms with Gasteiger partial charge in [-0.2, -0.15) is 0 Å². The van der Waals surface area contributed by atoms with Crippen molar-refractivity contribution in [2.75, 3.05) is 18.1 Å². The van der Waals surface area contributed by atoms with Crippen LogP contribution in [0.3, 0.4) is 0 Å². The van der Waals surface area contributed by atoms with Gasteiger partial charge in [0.2, 0.25) is 0 Å². The molecule has 0 bridgehead atoms.